The number of carbonyl (C=O) groups is 2. The van der Waals surface area contributed by atoms with E-state index in [1.807, 2.05) is 42.5 Å². The minimum atomic E-state index is -0.474. The molecule has 4 saturated carbocycles. The molecule has 5 aliphatic rings. The van der Waals surface area contributed by atoms with Crippen molar-refractivity contribution in [1.29, 1.82) is 0 Å². The number of para-hydroxylation sites is 3. The average Bonchev–Trinajstić information content (AvgIpc) is 2.73. The third-order valence-electron chi connectivity index (χ3n) is 7.94. The molecule has 0 radical (unpaired) electrons. The molecule has 1 aliphatic heterocycles. The van der Waals surface area contributed by atoms with Gasteiger partial charge in [0.25, 0.3) is 0 Å². The number of carbonyl (C=O) groups excluding carboxylic acids is 2. The molecule has 3 N–H and O–H groups in total. The van der Waals surface area contributed by atoms with Crippen molar-refractivity contribution >= 4 is 28.9 Å². The number of nitrogens with one attached hydrogen (secondary N) is 3. The van der Waals surface area contributed by atoms with E-state index in [0.717, 1.165) is 40.4 Å². The summed E-state index contributed by atoms with van der Waals surface area (Å²) < 4.78 is 0. The van der Waals surface area contributed by atoms with Gasteiger partial charge in [-0.05, 0) is 80.0 Å². The van der Waals surface area contributed by atoms with Crippen LogP contribution >= 0.6 is 0 Å². The minimum absolute atomic E-state index is 0.112. The lowest BCUT2D eigenvalue weighted by molar-refractivity contribution is -0.123. The second kappa shape index (κ2) is 7.11. The second-order valence-corrected chi connectivity index (χ2v) is 10.2. The van der Waals surface area contributed by atoms with Crippen LogP contribution in [0.25, 0.3) is 0 Å². The summed E-state index contributed by atoms with van der Waals surface area (Å²) in [5.41, 5.74) is 3.61. The van der Waals surface area contributed by atoms with Crippen LogP contribution < -0.4 is 16.0 Å². The maximum atomic E-state index is 13.3. The molecule has 0 aromatic heterocycles. The molecule has 160 valence electrons. The Kier molecular flexibility index (Phi) is 4.34. The molecule has 1 atom stereocenters. The Labute approximate surface area is 183 Å². The van der Waals surface area contributed by atoms with E-state index in [-0.39, 0.29) is 23.8 Å². The van der Waals surface area contributed by atoms with Gasteiger partial charge in [0, 0.05) is 17.6 Å². The highest BCUT2D eigenvalue weighted by Crippen LogP contribution is 2.56. The van der Waals surface area contributed by atoms with Gasteiger partial charge in [-0.15, -0.1) is 0 Å². The number of anilines is 3. The molecule has 2 aromatic carbocycles. The summed E-state index contributed by atoms with van der Waals surface area (Å²) in [4.78, 5) is 25.4. The van der Waals surface area contributed by atoms with Crippen molar-refractivity contribution in [3.63, 3.8) is 0 Å². The lowest BCUT2D eigenvalue weighted by Crippen LogP contribution is -2.54. The van der Waals surface area contributed by atoms with Crippen LogP contribution in [0, 0.1) is 17.8 Å². The Hall–Kier alpha value is -2.82. The zero-order valence-corrected chi connectivity index (χ0v) is 17.7. The first-order valence-electron chi connectivity index (χ1n) is 11.6. The highest BCUT2D eigenvalue weighted by molar-refractivity contribution is 6.06. The molecule has 5 nitrogen and oxygen atoms in total. The third kappa shape index (κ3) is 3.40. The maximum Gasteiger partial charge on any atom is 0.232 e. The predicted molar refractivity (Wildman–Crippen MR) is 122 cm³/mol. The quantitative estimate of drug-likeness (QED) is 0.648. The third-order valence-corrected chi connectivity index (χ3v) is 7.94. The van der Waals surface area contributed by atoms with Gasteiger partial charge >= 0.3 is 0 Å². The van der Waals surface area contributed by atoms with Crippen molar-refractivity contribution in [1.82, 2.24) is 0 Å². The van der Waals surface area contributed by atoms with Crippen molar-refractivity contribution in [2.24, 2.45) is 17.8 Å². The summed E-state index contributed by atoms with van der Waals surface area (Å²) >= 11 is 0. The molecular weight excluding hydrogens is 386 g/mol. The molecule has 2 aromatic rings. The van der Waals surface area contributed by atoms with Crippen LogP contribution in [0.3, 0.4) is 0 Å². The molecular formula is C26H29N3O2. The number of amides is 2. The molecule has 7 rings (SSSR count). The van der Waals surface area contributed by atoms with Crippen molar-refractivity contribution in [2.75, 3.05) is 16.0 Å². The topological polar surface area (TPSA) is 70.2 Å². The van der Waals surface area contributed by atoms with Crippen LogP contribution in [-0.4, -0.2) is 17.4 Å². The number of benzene rings is 2. The lowest BCUT2D eigenvalue weighted by Gasteiger charge is -2.57. The molecule has 4 aliphatic carbocycles. The van der Waals surface area contributed by atoms with Crippen molar-refractivity contribution < 1.29 is 9.59 Å². The van der Waals surface area contributed by atoms with Gasteiger partial charge < -0.3 is 16.0 Å². The van der Waals surface area contributed by atoms with Gasteiger partial charge in [-0.25, -0.2) is 0 Å². The second-order valence-electron chi connectivity index (χ2n) is 10.2. The first-order chi connectivity index (χ1) is 15.1. The highest BCUT2D eigenvalue weighted by atomic mass is 16.2. The summed E-state index contributed by atoms with van der Waals surface area (Å²) in [6, 6.07) is 15.6. The van der Waals surface area contributed by atoms with Gasteiger partial charge in [0.05, 0.1) is 17.3 Å². The molecule has 1 unspecified atom stereocenters. The molecule has 0 spiro atoms. The Bertz CT molecular complexity index is 1010. The number of fused-ring (bicyclic) bond motifs is 1. The van der Waals surface area contributed by atoms with E-state index in [1.54, 1.807) is 0 Å². The SMILES string of the molecule is O=C1CC(C(=O)Nc2ccccc2NC23CC4CC(CC(C4)C2)C3)c2ccccc2N1. The predicted octanol–water partition coefficient (Wildman–Crippen LogP) is 5.13. The largest absolute Gasteiger partial charge is 0.378 e. The molecule has 4 fully saturated rings. The zero-order chi connectivity index (χ0) is 21.0. The molecule has 2 amide bonds. The summed E-state index contributed by atoms with van der Waals surface area (Å²) in [6.07, 6.45) is 8.13. The lowest BCUT2D eigenvalue weighted by atomic mass is 9.53. The Morgan fingerprint density at radius 2 is 1.48 bits per heavy atom. The van der Waals surface area contributed by atoms with Crippen LogP contribution in [0.15, 0.2) is 48.5 Å². The van der Waals surface area contributed by atoms with Crippen LogP contribution in [0.1, 0.15) is 56.4 Å². The highest BCUT2D eigenvalue weighted by Gasteiger charge is 2.51. The average molecular weight is 416 g/mol. The minimum Gasteiger partial charge on any atom is -0.378 e. The van der Waals surface area contributed by atoms with E-state index >= 15 is 0 Å². The van der Waals surface area contributed by atoms with Gasteiger partial charge in [0.15, 0.2) is 0 Å². The number of rotatable bonds is 4. The van der Waals surface area contributed by atoms with E-state index in [4.69, 9.17) is 0 Å². The Morgan fingerprint density at radius 3 is 2.19 bits per heavy atom. The maximum absolute atomic E-state index is 13.3. The fraction of sp³-hybridized carbons (Fsp3) is 0.462. The van der Waals surface area contributed by atoms with Crippen LogP contribution in [0.4, 0.5) is 17.1 Å². The molecule has 4 bridgehead atoms. The van der Waals surface area contributed by atoms with Crippen LogP contribution in [0.5, 0.6) is 0 Å². The first-order valence-corrected chi connectivity index (χ1v) is 11.6. The van der Waals surface area contributed by atoms with Gasteiger partial charge in [0.1, 0.15) is 0 Å². The smallest absolute Gasteiger partial charge is 0.232 e. The fourth-order valence-corrected chi connectivity index (χ4v) is 7.12. The van der Waals surface area contributed by atoms with Gasteiger partial charge in [-0.2, -0.15) is 0 Å². The Morgan fingerprint density at radius 1 is 0.871 bits per heavy atom. The van der Waals surface area contributed by atoms with Crippen LogP contribution in [0.2, 0.25) is 0 Å². The van der Waals surface area contributed by atoms with Gasteiger partial charge in [-0.3, -0.25) is 9.59 Å². The summed E-state index contributed by atoms with van der Waals surface area (Å²) in [6.45, 7) is 0. The summed E-state index contributed by atoms with van der Waals surface area (Å²) in [7, 11) is 0. The Balaban J connectivity index is 1.25. The number of hydrogen-bond acceptors (Lipinski definition) is 3. The molecule has 31 heavy (non-hydrogen) atoms. The standard InChI is InChI=1S/C26H29N3O2/c30-24-12-20(19-5-1-2-6-21(19)27-24)25(31)28-22-7-3-4-8-23(22)29-26-13-16-9-17(14-26)11-18(10-16)15-26/h1-8,16-18,20,29H,9-15H2,(H,27,30)(H,28,31). The molecule has 5 heteroatoms. The van der Waals surface area contributed by atoms with E-state index in [9.17, 15) is 9.59 Å². The first kappa shape index (κ1) is 18.9. The normalized spacial score (nSPS) is 32.8. The van der Waals surface area contributed by atoms with Gasteiger partial charge in [0.2, 0.25) is 11.8 Å². The van der Waals surface area contributed by atoms with E-state index in [2.05, 4.69) is 22.0 Å². The fourth-order valence-electron chi connectivity index (χ4n) is 7.12. The monoisotopic (exact) mass is 415 g/mol. The van der Waals surface area contributed by atoms with Crippen LogP contribution in [-0.2, 0) is 9.59 Å². The van der Waals surface area contributed by atoms with Crippen molar-refractivity contribution in [3.8, 4) is 0 Å². The molecule has 0 saturated heterocycles. The molecule has 1 heterocycles. The van der Waals surface area contributed by atoms with E-state index < -0.39 is 5.92 Å². The van der Waals surface area contributed by atoms with E-state index in [0.29, 0.717) is 0 Å². The van der Waals surface area contributed by atoms with Gasteiger partial charge in [-0.1, -0.05) is 30.3 Å². The zero-order valence-electron chi connectivity index (χ0n) is 17.7. The number of hydrogen-bond donors (Lipinski definition) is 3. The van der Waals surface area contributed by atoms with Crippen molar-refractivity contribution in [2.45, 2.75) is 56.4 Å². The summed E-state index contributed by atoms with van der Waals surface area (Å²) in [5, 5.41) is 9.91. The van der Waals surface area contributed by atoms with Crippen molar-refractivity contribution in [3.05, 3.63) is 54.1 Å². The van der Waals surface area contributed by atoms with E-state index in [1.165, 1.54) is 38.5 Å². The summed E-state index contributed by atoms with van der Waals surface area (Å²) in [5.74, 6) is 1.87.